The van der Waals surface area contributed by atoms with E-state index in [4.69, 9.17) is 4.74 Å². The van der Waals surface area contributed by atoms with Crippen LogP contribution in [0.4, 0.5) is 0 Å². The van der Waals surface area contributed by atoms with Gasteiger partial charge in [-0.2, -0.15) is 0 Å². The number of Topliss-reactive ketones (excluding diaryl/α,β-unsaturated/α-hetero) is 1. The summed E-state index contributed by atoms with van der Waals surface area (Å²) in [7, 11) is 0. The van der Waals surface area contributed by atoms with Crippen LogP contribution in [0.5, 0.6) is 11.5 Å². The molecule has 0 radical (unpaired) electrons. The van der Waals surface area contributed by atoms with Gasteiger partial charge < -0.3 is 20.1 Å². The van der Waals surface area contributed by atoms with E-state index in [1.807, 2.05) is 0 Å². The fourth-order valence-electron chi connectivity index (χ4n) is 2.62. The molecule has 0 bridgehead atoms. The average Bonchev–Trinajstić information content (AvgIpc) is 2.44. The second-order valence-electron chi connectivity index (χ2n) is 6.59. The number of carbonyl (C=O) groups is 2. The van der Waals surface area contributed by atoms with Crippen molar-refractivity contribution in [2.45, 2.75) is 71.5 Å². The zero-order valence-electron chi connectivity index (χ0n) is 15.1. The quantitative estimate of drug-likeness (QED) is 0.339. The van der Waals surface area contributed by atoms with Gasteiger partial charge in [-0.3, -0.25) is 9.59 Å². The largest absolute Gasteiger partial charge is 0.508 e. The molecule has 140 valence electrons. The molecule has 0 amide bonds. The standard InChI is InChI=1S/C19H28O6/c1-12(2)25-18(24)10-14-9-15(21)11-17(23)19(14)16(22)8-6-4-5-7-13(3)20/h9,11-13,20-21,23H,4-8,10H2,1-3H3/t13-/m1/s1. The SMILES string of the molecule is CC(C)OC(=O)Cc1cc(O)cc(O)c1C(=O)CCCCC[C@@H](C)O. The van der Waals surface area contributed by atoms with Crippen LogP contribution >= 0.6 is 0 Å². The molecule has 1 rings (SSSR count). The molecule has 6 heteroatoms. The number of ketones is 1. The zero-order valence-corrected chi connectivity index (χ0v) is 15.1. The van der Waals surface area contributed by atoms with E-state index in [9.17, 15) is 24.9 Å². The summed E-state index contributed by atoms with van der Waals surface area (Å²) in [5, 5.41) is 28.9. The van der Waals surface area contributed by atoms with Crippen molar-refractivity contribution in [1.29, 1.82) is 0 Å². The first-order chi connectivity index (χ1) is 11.7. The number of rotatable bonds is 10. The van der Waals surface area contributed by atoms with E-state index in [2.05, 4.69) is 0 Å². The number of unbranched alkanes of at least 4 members (excludes halogenated alkanes) is 2. The Hall–Kier alpha value is -2.08. The molecule has 0 aromatic heterocycles. The first-order valence-electron chi connectivity index (χ1n) is 8.66. The summed E-state index contributed by atoms with van der Waals surface area (Å²) < 4.78 is 5.07. The molecule has 0 aliphatic heterocycles. The summed E-state index contributed by atoms with van der Waals surface area (Å²) in [6.07, 6.45) is 2.32. The second-order valence-corrected chi connectivity index (χ2v) is 6.59. The van der Waals surface area contributed by atoms with Gasteiger partial charge in [-0.05, 0) is 45.2 Å². The molecule has 0 aliphatic carbocycles. The molecule has 3 N–H and O–H groups in total. The van der Waals surface area contributed by atoms with Gasteiger partial charge in [0.05, 0.1) is 24.2 Å². The monoisotopic (exact) mass is 352 g/mol. The number of phenolic OH excluding ortho intramolecular Hbond substituents is 2. The van der Waals surface area contributed by atoms with Gasteiger partial charge in [0.1, 0.15) is 11.5 Å². The molecule has 1 aromatic rings. The van der Waals surface area contributed by atoms with E-state index in [1.54, 1.807) is 20.8 Å². The van der Waals surface area contributed by atoms with E-state index in [0.29, 0.717) is 12.8 Å². The highest BCUT2D eigenvalue weighted by Crippen LogP contribution is 2.29. The summed E-state index contributed by atoms with van der Waals surface area (Å²) in [5.74, 6) is -1.34. The van der Waals surface area contributed by atoms with E-state index >= 15 is 0 Å². The van der Waals surface area contributed by atoms with Crippen molar-refractivity contribution in [1.82, 2.24) is 0 Å². The van der Waals surface area contributed by atoms with E-state index in [1.165, 1.54) is 6.07 Å². The fraction of sp³-hybridized carbons (Fsp3) is 0.579. The maximum absolute atomic E-state index is 12.5. The Morgan fingerprint density at radius 3 is 2.36 bits per heavy atom. The molecule has 1 atom stereocenters. The third-order valence-corrected chi connectivity index (χ3v) is 3.69. The number of hydrogen-bond acceptors (Lipinski definition) is 6. The zero-order chi connectivity index (χ0) is 19.0. The average molecular weight is 352 g/mol. The van der Waals surface area contributed by atoms with Crippen molar-refractivity contribution < 1.29 is 29.6 Å². The number of hydrogen-bond donors (Lipinski definition) is 3. The van der Waals surface area contributed by atoms with Gasteiger partial charge in [-0.15, -0.1) is 0 Å². The summed E-state index contributed by atoms with van der Waals surface area (Å²) in [4.78, 5) is 24.3. The van der Waals surface area contributed by atoms with Crippen LogP contribution in [0.25, 0.3) is 0 Å². The van der Waals surface area contributed by atoms with Crippen molar-refractivity contribution in [2.75, 3.05) is 0 Å². The fourth-order valence-corrected chi connectivity index (χ4v) is 2.62. The first kappa shape index (κ1) is 21.0. The molecular weight excluding hydrogens is 324 g/mol. The van der Waals surface area contributed by atoms with Crippen molar-refractivity contribution in [3.63, 3.8) is 0 Å². The minimum atomic E-state index is -0.522. The van der Waals surface area contributed by atoms with Crippen LogP contribution in [-0.2, 0) is 16.0 Å². The van der Waals surface area contributed by atoms with Crippen molar-refractivity contribution in [3.8, 4) is 11.5 Å². The number of benzene rings is 1. The van der Waals surface area contributed by atoms with E-state index in [-0.39, 0.29) is 53.5 Å². The normalized spacial score (nSPS) is 12.2. The lowest BCUT2D eigenvalue weighted by Crippen LogP contribution is -2.16. The van der Waals surface area contributed by atoms with Gasteiger partial charge >= 0.3 is 5.97 Å². The smallest absolute Gasteiger partial charge is 0.310 e. The Morgan fingerprint density at radius 2 is 1.76 bits per heavy atom. The molecule has 0 unspecified atom stereocenters. The van der Waals surface area contributed by atoms with Crippen LogP contribution in [0.2, 0.25) is 0 Å². The molecular formula is C19H28O6. The molecule has 1 aromatic carbocycles. The Kier molecular flexibility index (Phi) is 8.41. The lowest BCUT2D eigenvalue weighted by molar-refractivity contribution is -0.146. The minimum Gasteiger partial charge on any atom is -0.508 e. The molecule has 0 heterocycles. The maximum Gasteiger partial charge on any atom is 0.310 e. The number of phenols is 2. The molecule has 0 saturated heterocycles. The third kappa shape index (κ3) is 7.56. The van der Waals surface area contributed by atoms with E-state index in [0.717, 1.165) is 18.9 Å². The highest BCUT2D eigenvalue weighted by atomic mass is 16.5. The van der Waals surface area contributed by atoms with Gasteiger partial charge in [-0.25, -0.2) is 0 Å². The summed E-state index contributed by atoms with van der Waals surface area (Å²) in [6.45, 7) is 5.16. The van der Waals surface area contributed by atoms with Crippen LogP contribution in [0.3, 0.4) is 0 Å². The van der Waals surface area contributed by atoms with E-state index < -0.39 is 5.97 Å². The Labute approximate surface area is 148 Å². The lowest BCUT2D eigenvalue weighted by atomic mass is 9.96. The summed E-state index contributed by atoms with van der Waals surface area (Å²) in [6, 6.07) is 2.40. The molecule has 6 nitrogen and oxygen atoms in total. The lowest BCUT2D eigenvalue weighted by Gasteiger charge is -2.13. The Bertz CT molecular complexity index is 592. The Balaban J connectivity index is 2.79. The van der Waals surface area contributed by atoms with Crippen LogP contribution < -0.4 is 0 Å². The number of esters is 1. The van der Waals surface area contributed by atoms with Crippen molar-refractivity contribution in [3.05, 3.63) is 23.3 Å². The van der Waals surface area contributed by atoms with Gasteiger partial charge in [0.15, 0.2) is 5.78 Å². The number of aliphatic hydroxyl groups is 1. The highest BCUT2D eigenvalue weighted by Gasteiger charge is 2.20. The third-order valence-electron chi connectivity index (χ3n) is 3.69. The van der Waals surface area contributed by atoms with Crippen LogP contribution in [0.1, 0.15) is 68.8 Å². The first-order valence-corrected chi connectivity index (χ1v) is 8.66. The van der Waals surface area contributed by atoms with Crippen molar-refractivity contribution >= 4 is 11.8 Å². The van der Waals surface area contributed by atoms with Crippen molar-refractivity contribution in [2.24, 2.45) is 0 Å². The van der Waals surface area contributed by atoms with Gasteiger partial charge in [0, 0.05) is 12.5 Å². The molecule has 25 heavy (non-hydrogen) atoms. The van der Waals surface area contributed by atoms with Gasteiger partial charge in [-0.1, -0.05) is 12.8 Å². The number of carbonyl (C=O) groups excluding carboxylic acids is 2. The number of aromatic hydroxyl groups is 2. The topological polar surface area (TPSA) is 104 Å². The summed E-state index contributed by atoms with van der Waals surface area (Å²) >= 11 is 0. The minimum absolute atomic E-state index is 0.0639. The van der Waals surface area contributed by atoms with Gasteiger partial charge in [0.2, 0.25) is 0 Å². The highest BCUT2D eigenvalue weighted by molar-refractivity contribution is 6.01. The molecule has 0 spiro atoms. The Morgan fingerprint density at radius 1 is 1.08 bits per heavy atom. The van der Waals surface area contributed by atoms with Crippen LogP contribution in [0.15, 0.2) is 12.1 Å². The molecule has 0 fully saturated rings. The van der Waals surface area contributed by atoms with Crippen LogP contribution in [0, 0.1) is 0 Å². The molecule has 0 aliphatic rings. The predicted octanol–water partition coefficient (Wildman–Crippen LogP) is 3.11. The predicted molar refractivity (Wildman–Crippen MR) is 93.8 cm³/mol. The maximum atomic E-state index is 12.5. The van der Waals surface area contributed by atoms with Crippen LogP contribution in [-0.4, -0.2) is 39.3 Å². The molecule has 0 saturated carbocycles. The second kappa shape index (κ2) is 10.0. The van der Waals surface area contributed by atoms with Gasteiger partial charge in [0.25, 0.3) is 0 Å². The number of ether oxygens (including phenoxy) is 1. The number of aliphatic hydroxyl groups excluding tert-OH is 1. The summed E-state index contributed by atoms with van der Waals surface area (Å²) in [5.41, 5.74) is 0.325.